The van der Waals surface area contributed by atoms with E-state index in [9.17, 15) is 9.59 Å². The molecule has 0 atom stereocenters. The number of hydrogen-bond donors (Lipinski definition) is 3. The van der Waals surface area contributed by atoms with Gasteiger partial charge in [0.05, 0.1) is 17.6 Å². The molecule has 0 radical (unpaired) electrons. The van der Waals surface area contributed by atoms with Crippen LogP contribution in [0.3, 0.4) is 0 Å². The number of hydrogen-bond acceptors (Lipinski definition) is 4. The van der Waals surface area contributed by atoms with Gasteiger partial charge in [-0.3, -0.25) is 9.59 Å². The Kier molecular flexibility index (Phi) is 3.59. The van der Waals surface area contributed by atoms with Crippen LogP contribution in [0.4, 0.5) is 0 Å². The van der Waals surface area contributed by atoms with Gasteiger partial charge in [-0.1, -0.05) is 0 Å². The number of rotatable bonds is 6. The molecule has 102 valence electrons. The van der Waals surface area contributed by atoms with E-state index in [1.807, 2.05) is 6.92 Å². The van der Waals surface area contributed by atoms with Crippen LogP contribution in [0.1, 0.15) is 32.6 Å². The highest BCUT2D eigenvalue weighted by Crippen LogP contribution is 2.34. The molecule has 2 rings (SSSR count). The molecule has 0 spiro atoms. The standard InChI is InChI=1S/C12H20N2O4/c1-11(7-13-8-11)18-6-9(15)14-12(3-2-4-12)5-10(16)17/h13H,2-8H2,1H3,(H,14,15)(H,16,17). The maximum Gasteiger partial charge on any atom is 0.305 e. The summed E-state index contributed by atoms with van der Waals surface area (Å²) in [6, 6.07) is 0. The monoisotopic (exact) mass is 256 g/mol. The first-order valence-electron chi connectivity index (χ1n) is 6.31. The Morgan fingerprint density at radius 1 is 1.39 bits per heavy atom. The predicted octanol–water partition coefficient (Wildman–Crippen LogP) is -0.122. The van der Waals surface area contributed by atoms with Gasteiger partial charge in [-0.05, 0) is 26.2 Å². The number of amides is 1. The molecular weight excluding hydrogens is 236 g/mol. The molecule has 0 aromatic heterocycles. The fourth-order valence-corrected chi connectivity index (χ4v) is 2.39. The zero-order valence-electron chi connectivity index (χ0n) is 10.6. The van der Waals surface area contributed by atoms with Gasteiger partial charge in [0.15, 0.2) is 0 Å². The molecule has 3 N–H and O–H groups in total. The highest BCUT2D eigenvalue weighted by molar-refractivity contribution is 5.79. The third-order valence-electron chi connectivity index (χ3n) is 3.75. The maximum absolute atomic E-state index is 11.8. The van der Waals surface area contributed by atoms with Crippen molar-refractivity contribution < 1.29 is 19.4 Å². The topological polar surface area (TPSA) is 87.7 Å². The minimum Gasteiger partial charge on any atom is -0.481 e. The van der Waals surface area contributed by atoms with Crippen LogP contribution in [0.25, 0.3) is 0 Å². The van der Waals surface area contributed by atoms with Crippen LogP contribution in [-0.2, 0) is 14.3 Å². The van der Waals surface area contributed by atoms with Gasteiger partial charge in [-0.2, -0.15) is 0 Å². The average Bonchev–Trinajstić information content (AvgIpc) is 2.20. The molecule has 2 aliphatic rings. The molecule has 6 nitrogen and oxygen atoms in total. The number of carboxylic acid groups (broad SMARTS) is 1. The minimum absolute atomic E-state index is 0.000447. The molecule has 2 fully saturated rings. The van der Waals surface area contributed by atoms with Crippen LogP contribution in [0.2, 0.25) is 0 Å². The molecule has 0 bridgehead atoms. The molecule has 1 amide bonds. The molecule has 18 heavy (non-hydrogen) atoms. The van der Waals surface area contributed by atoms with Gasteiger partial charge in [0.1, 0.15) is 6.61 Å². The second-order valence-electron chi connectivity index (χ2n) is 5.59. The van der Waals surface area contributed by atoms with Crippen LogP contribution >= 0.6 is 0 Å². The fraction of sp³-hybridized carbons (Fsp3) is 0.833. The van der Waals surface area contributed by atoms with E-state index >= 15 is 0 Å². The predicted molar refractivity (Wildman–Crippen MR) is 64.2 cm³/mol. The van der Waals surface area contributed by atoms with Crippen molar-refractivity contribution in [1.29, 1.82) is 0 Å². The van der Waals surface area contributed by atoms with E-state index in [0.717, 1.165) is 32.4 Å². The summed E-state index contributed by atoms with van der Waals surface area (Å²) in [5.41, 5.74) is -0.790. The van der Waals surface area contributed by atoms with Crippen LogP contribution in [0.15, 0.2) is 0 Å². The maximum atomic E-state index is 11.8. The summed E-state index contributed by atoms with van der Waals surface area (Å²) in [6.45, 7) is 3.45. The summed E-state index contributed by atoms with van der Waals surface area (Å²) in [6.07, 6.45) is 2.45. The van der Waals surface area contributed by atoms with Crippen LogP contribution < -0.4 is 10.6 Å². The lowest BCUT2D eigenvalue weighted by Crippen LogP contribution is -2.61. The minimum atomic E-state index is -0.869. The number of carbonyl (C=O) groups excluding carboxylic acids is 1. The summed E-state index contributed by atoms with van der Waals surface area (Å²) < 4.78 is 5.52. The van der Waals surface area contributed by atoms with Gasteiger partial charge >= 0.3 is 5.97 Å². The van der Waals surface area contributed by atoms with Crippen LogP contribution in [0.5, 0.6) is 0 Å². The summed E-state index contributed by atoms with van der Waals surface area (Å²) in [7, 11) is 0. The molecule has 1 saturated carbocycles. The SMILES string of the molecule is CC1(OCC(=O)NC2(CC(=O)O)CCC2)CNC1. The van der Waals surface area contributed by atoms with Crippen molar-refractivity contribution in [3.63, 3.8) is 0 Å². The van der Waals surface area contributed by atoms with E-state index < -0.39 is 11.5 Å². The first kappa shape index (κ1) is 13.3. The zero-order chi connectivity index (χ0) is 13.2. The Labute approximate surface area is 106 Å². The Hall–Kier alpha value is -1.14. The number of nitrogens with one attached hydrogen (secondary N) is 2. The van der Waals surface area contributed by atoms with E-state index in [0.29, 0.717) is 0 Å². The van der Waals surface area contributed by atoms with Gasteiger partial charge in [0.25, 0.3) is 0 Å². The average molecular weight is 256 g/mol. The number of carboxylic acids is 1. The second-order valence-corrected chi connectivity index (χ2v) is 5.59. The molecule has 0 aromatic carbocycles. The van der Waals surface area contributed by atoms with E-state index in [4.69, 9.17) is 9.84 Å². The normalized spacial score (nSPS) is 23.6. The Balaban J connectivity index is 1.77. The van der Waals surface area contributed by atoms with Crippen molar-refractivity contribution >= 4 is 11.9 Å². The molecule has 1 heterocycles. The molecule has 0 unspecified atom stereocenters. The van der Waals surface area contributed by atoms with Crippen LogP contribution in [-0.4, -0.2) is 47.8 Å². The third-order valence-corrected chi connectivity index (χ3v) is 3.75. The summed E-state index contributed by atoms with van der Waals surface area (Å²) in [5.74, 6) is -1.09. The first-order chi connectivity index (χ1) is 8.43. The van der Waals surface area contributed by atoms with Gasteiger partial charge in [-0.15, -0.1) is 0 Å². The molecular formula is C12H20N2O4. The quantitative estimate of drug-likeness (QED) is 0.616. The highest BCUT2D eigenvalue weighted by atomic mass is 16.5. The largest absolute Gasteiger partial charge is 0.481 e. The fourth-order valence-electron chi connectivity index (χ4n) is 2.39. The Bertz CT molecular complexity index is 348. The van der Waals surface area contributed by atoms with Gasteiger partial charge in [-0.25, -0.2) is 0 Å². The second kappa shape index (κ2) is 4.85. The Morgan fingerprint density at radius 2 is 2.06 bits per heavy atom. The summed E-state index contributed by atoms with van der Waals surface area (Å²) in [4.78, 5) is 22.5. The number of ether oxygens (including phenoxy) is 1. The van der Waals surface area contributed by atoms with Crippen molar-refractivity contribution in [3.8, 4) is 0 Å². The molecule has 1 aliphatic carbocycles. The molecule has 1 saturated heterocycles. The van der Waals surface area contributed by atoms with E-state index in [-0.39, 0.29) is 24.5 Å². The van der Waals surface area contributed by atoms with Crippen LogP contribution in [0, 0.1) is 0 Å². The van der Waals surface area contributed by atoms with E-state index in [2.05, 4.69) is 10.6 Å². The lowest BCUT2D eigenvalue weighted by Gasteiger charge is -2.42. The lowest BCUT2D eigenvalue weighted by molar-refractivity contribution is -0.143. The van der Waals surface area contributed by atoms with Gasteiger partial charge in [0, 0.05) is 13.1 Å². The Morgan fingerprint density at radius 3 is 2.44 bits per heavy atom. The van der Waals surface area contributed by atoms with Crippen molar-refractivity contribution in [3.05, 3.63) is 0 Å². The summed E-state index contributed by atoms with van der Waals surface area (Å²) in [5, 5.41) is 14.7. The van der Waals surface area contributed by atoms with E-state index in [1.54, 1.807) is 0 Å². The van der Waals surface area contributed by atoms with E-state index in [1.165, 1.54) is 0 Å². The van der Waals surface area contributed by atoms with Gasteiger partial charge < -0.3 is 20.5 Å². The smallest absolute Gasteiger partial charge is 0.305 e. The molecule has 0 aromatic rings. The van der Waals surface area contributed by atoms with Crippen molar-refractivity contribution in [1.82, 2.24) is 10.6 Å². The molecule has 6 heteroatoms. The summed E-state index contributed by atoms with van der Waals surface area (Å²) >= 11 is 0. The van der Waals surface area contributed by atoms with Crippen molar-refractivity contribution in [2.75, 3.05) is 19.7 Å². The first-order valence-corrected chi connectivity index (χ1v) is 6.31. The van der Waals surface area contributed by atoms with Crippen molar-refractivity contribution in [2.24, 2.45) is 0 Å². The molecule has 1 aliphatic heterocycles. The van der Waals surface area contributed by atoms with Gasteiger partial charge in [0.2, 0.25) is 5.91 Å². The number of carbonyl (C=O) groups is 2. The third kappa shape index (κ3) is 3.00. The highest BCUT2D eigenvalue weighted by Gasteiger charge is 2.41. The lowest BCUT2D eigenvalue weighted by atomic mass is 9.74. The number of aliphatic carboxylic acids is 1. The zero-order valence-corrected chi connectivity index (χ0v) is 10.6. The van der Waals surface area contributed by atoms with Crippen molar-refractivity contribution in [2.45, 2.75) is 43.7 Å².